The number of hydrogen-bond acceptors (Lipinski definition) is 2. The Labute approximate surface area is 109 Å². The van der Waals surface area contributed by atoms with Gasteiger partial charge in [0, 0.05) is 13.1 Å². The first-order valence-corrected chi connectivity index (χ1v) is 6.55. The summed E-state index contributed by atoms with van der Waals surface area (Å²) in [6.07, 6.45) is 2.13. The zero-order valence-corrected chi connectivity index (χ0v) is 11.2. The lowest BCUT2D eigenvalue weighted by molar-refractivity contribution is -0.132. The number of rotatable bonds is 3. The molecule has 0 saturated carbocycles. The Balaban J connectivity index is 1.87. The van der Waals surface area contributed by atoms with Crippen LogP contribution in [-0.4, -0.2) is 49.4 Å². The van der Waals surface area contributed by atoms with Crippen molar-refractivity contribution in [2.45, 2.75) is 18.8 Å². The molecule has 1 aliphatic rings. The van der Waals surface area contributed by atoms with Gasteiger partial charge in [-0.05, 0) is 44.5 Å². The van der Waals surface area contributed by atoms with E-state index in [-0.39, 0.29) is 5.91 Å². The normalized spacial score (nSPS) is 17.2. The molecule has 1 heterocycles. The summed E-state index contributed by atoms with van der Waals surface area (Å²) in [5.74, 6) is 0.837. The molecule has 0 spiro atoms. The number of carbonyl (C=O) groups is 1. The van der Waals surface area contributed by atoms with Gasteiger partial charge in [-0.1, -0.05) is 24.3 Å². The van der Waals surface area contributed by atoms with Crippen LogP contribution in [0.2, 0.25) is 0 Å². The average molecular weight is 245 g/mol. The Kier molecular flexibility index (Phi) is 4.37. The molecule has 0 atom stereocenters. The molecular formula is C15H21N2O. The van der Waals surface area contributed by atoms with Crippen LogP contribution in [0.4, 0.5) is 0 Å². The van der Waals surface area contributed by atoms with E-state index in [9.17, 15) is 4.79 Å². The molecule has 0 N–H and O–H groups in total. The van der Waals surface area contributed by atoms with Crippen molar-refractivity contribution in [1.82, 2.24) is 9.80 Å². The number of benzene rings is 1. The van der Waals surface area contributed by atoms with Crippen LogP contribution in [0.3, 0.4) is 0 Å². The minimum atomic E-state index is 0.248. The number of carbonyl (C=O) groups excluding carboxylic acids is 1. The maximum absolute atomic E-state index is 11.9. The molecule has 97 valence electrons. The predicted molar refractivity (Wildman–Crippen MR) is 72.4 cm³/mol. The number of amides is 1. The number of likely N-dealkylation sites (N-methyl/N-ethyl adjacent to an activating group) is 1. The molecule has 1 saturated heterocycles. The Morgan fingerprint density at radius 1 is 1.44 bits per heavy atom. The lowest BCUT2D eigenvalue weighted by Crippen LogP contribution is -2.42. The molecular weight excluding hydrogens is 224 g/mol. The monoisotopic (exact) mass is 245 g/mol. The van der Waals surface area contributed by atoms with Crippen LogP contribution >= 0.6 is 0 Å². The van der Waals surface area contributed by atoms with Crippen LogP contribution in [0.5, 0.6) is 0 Å². The summed E-state index contributed by atoms with van der Waals surface area (Å²) in [6.45, 7) is 2.28. The quantitative estimate of drug-likeness (QED) is 0.810. The van der Waals surface area contributed by atoms with E-state index in [1.807, 2.05) is 36.0 Å². The van der Waals surface area contributed by atoms with E-state index in [0.717, 1.165) is 25.9 Å². The van der Waals surface area contributed by atoms with Gasteiger partial charge in [0.15, 0.2) is 0 Å². The highest BCUT2D eigenvalue weighted by atomic mass is 16.2. The van der Waals surface area contributed by atoms with Gasteiger partial charge < -0.3 is 9.80 Å². The zero-order valence-electron chi connectivity index (χ0n) is 11.2. The third-order valence-corrected chi connectivity index (χ3v) is 3.50. The molecule has 1 amide bonds. The molecule has 1 aliphatic heterocycles. The summed E-state index contributed by atoms with van der Waals surface area (Å²) in [4.78, 5) is 15.9. The van der Waals surface area contributed by atoms with Gasteiger partial charge in [-0.15, -0.1) is 0 Å². The Bertz CT molecular complexity index is 381. The van der Waals surface area contributed by atoms with E-state index < -0.39 is 0 Å². The molecule has 0 unspecified atom stereocenters. The number of likely N-dealkylation sites (tertiary alicyclic amines) is 1. The minimum Gasteiger partial charge on any atom is -0.342 e. The summed E-state index contributed by atoms with van der Waals surface area (Å²) >= 11 is 0. The second-order valence-electron chi connectivity index (χ2n) is 5.23. The topological polar surface area (TPSA) is 23.6 Å². The van der Waals surface area contributed by atoms with Gasteiger partial charge in [-0.3, -0.25) is 4.79 Å². The van der Waals surface area contributed by atoms with E-state index in [0.29, 0.717) is 12.5 Å². The van der Waals surface area contributed by atoms with E-state index in [1.165, 1.54) is 5.56 Å². The van der Waals surface area contributed by atoms with E-state index in [2.05, 4.69) is 18.2 Å². The van der Waals surface area contributed by atoms with Crippen LogP contribution < -0.4 is 0 Å². The van der Waals surface area contributed by atoms with Crippen molar-refractivity contribution in [1.29, 1.82) is 0 Å². The Morgan fingerprint density at radius 2 is 2.17 bits per heavy atom. The highest BCUT2D eigenvalue weighted by Gasteiger charge is 2.23. The van der Waals surface area contributed by atoms with Gasteiger partial charge in [0.05, 0.1) is 6.54 Å². The summed E-state index contributed by atoms with van der Waals surface area (Å²) in [7, 11) is 3.87. The first-order valence-electron chi connectivity index (χ1n) is 6.55. The van der Waals surface area contributed by atoms with Gasteiger partial charge in [0.1, 0.15) is 0 Å². The van der Waals surface area contributed by atoms with Gasteiger partial charge in [0.25, 0.3) is 0 Å². The third-order valence-electron chi connectivity index (χ3n) is 3.50. The fourth-order valence-electron chi connectivity index (χ4n) is 2.49. The fraction of sp³-hybridized carbons (Fsp3) is 0.533. The molecule has 0 aromatic heterocycles. The number of nitrogens with zero attached hydrogens (tertiary/aromatic N) is 2. The standard InChI is InChI=1S/C15H21N2O/c1-16(2)12-15(18)17-10-8-14(9-11-17)13-6-4-3-5-7-13/h3-4,6-7,14H,8-12H2,1-2H3. The zero-order chi connectivity index (χ0) is 13.0. The van der Waals surface area contributed by atoms with Crippen molar-refractivity contribution >= 4 is 5.91 Å². The lowest BCUT2D eigenvalue weighted by Gasteiger charge is -2.32. The molecule has 1 aromatic rings. The molecule has 3 heteroatoms. The Hall–Kier alpha value is -1.35. The minimum absolute atomic E-state index is 0.248. The van der Waals surface area contributed by atoms with Gasteiger partial charge in [-0.2, -0.15) is 0 Å². The first kappa shape index (κ1) is 13.1. The molecule has 1 aromatic carbocycles. The van der Waals surface area contributed by atoms with Gasteiger partial charge in [0.2, 0.25) is 5.91 Å². The average Bonchev–Trinajstić information content (AvgIpc) is 2.39. The molecule has 1 fully saturated rings. The molecule has 1 radical (unpaired) electrons. The molecule has 0 bridgehead atoms. The van der Waals surface area contributed by atoms with Crippen molar-refractivity contribution in [3.8, 4) is 0 Å². The molecule has 18 heavy (non-hydrogen) atoms. The van der Waals surface area contributed by atoms with Gasteiger partial charge >= 0.3 is 0 Å². The van der Waals surface area contributed by atoms with Gasteiger partial charge in [-0.25, -0.2) is 0 Å². The van der Waals surface area contributed by atoms with E-state index in [4.69, 9.17) is 0 Å². The largest absolute Gasteiger partial charge is 0.342 e. The number of hydrogen-bond donors (Lipinski definition) is 0. The van der Waals surface area contributed by atoms with Crippen LogP contribution in [0.25, 0.3) is 0 Å². The van der Waals surface area contributed by atoms with Crippen molar-refractivity contribution in [2.24, 2.45) is 0 Å². The van der Waals surface area contributed by atoms with Crippen molar-refractivity contribution in [3.05, 3.63) is 35.9 Å². The fourth-order valence-corrected chi connectivity index (χ4v) is 2.49. The van der Waals surface area contributed by atoms with Crippen molar-refractivity contribution < 1.29 is 4.79 Å². The summed E-state index contributed by atoms with van der Waals surface area (Å²) < 4.78 is 0. The van der Waals surface area contributed by atoms with Crippen LogP contribution in [0, 0.1) is 6.07 Å². The van der Waals surface area contributed by atoms with E-state index >= 15 is 0 Å². The second-order valence-corrected chi connectivity index (χ2v) is 5.23. The van der Waals surface area contributed by atoms with Crippen LogP contribution in [0.15, 0.2) is 24.3 Å². The molecule has 2 rings (SSSR count). The maximum Gasteiger partial charge on any atom is 0.236 e. The Morgan fingerprint density at radius 3 is 2.72 bits per heavy atom. The SMILES string of the molecule is CN(C)CC(=O)N1CCC(c2c[c]ccc2)CC1. The lowest BCUT2D eigenvalue weighted by atomic mass is 9.89. The first-order chi connectivity index (χ1) is 8.66. The summed E-state index contributed by atoms with van der Waals surface area (Å²) in [5.41, 5.74) is 1.36. The number of piperidine rings is 1. The maximum atomic E-state index is 11.9. The van der Waals surface area contributed by atoms with Crippen molar-refractivity contribution in [3.63, 3.8) is 0 Å². The molecule has 0 aliphatic carbocycles. The third kappa shape index (κ3) is 3.33. The summed E-state index contributed by atoms with van der Waals surface area (Å²) in [5, 5.41) is 0. The highest BCUT2D eigenvalue weighted by Crippen LogP contribution is 2.27. The molecule has 3 nitrogen and oxygen atoms in total. The second kappa shape index (κ2) is 6.01. The van der Waals surface area contributed by atoms with Crippen molar-refractivity contribution in [2.75, 3.05) is 33.7 Å². The van der Waals surface area contributed by atoms with Crippen LogP contribution in [-0.2, 0) is 4.79 Å². The highest BCUT2D eigenvalue weighted by molar-refractivity contribution is 5.78. The van der Waals surface area contributed by atoms with E-state index in [1.54, 1.807) is 0 Å². The smallest absolute Gasteiger partial charge is 0.236 e. The van der Waals surface area contributed by atoms with Crippen LogP contribution in [0.1, 0.15) is 24.3 Å². The predicted octanol–water partition coefficient (Wildman–Crippen LogP) is 1.75. The summed E-state index contributed by atoms with van der Waals surface area (Å²) in [6, 6.07) is 11.3.